The maximum atomic E-state index is 5.76. The van der Waals surface area contributed by atoms with Crippen molar-refractivity contribution < 1.29 is 4.74 Å². The van der Waals surface area contributed by atoms with Crippen molar-refractivity contribution in [3.8, 4) is 0 Å². The second-order valence-corrected chi connectivity index (χ2v) is 6.34. The zero-order valence-electron chi connectivity index (χ0n) is 13.5. The molecular formula is C16H34N2O. The van der Waals surface area contributed by atoms with Crippen LogP contribution in [0, 0.1) is 5.92 Å². The van der Waals surface area contributed by atoms with Crippen molar-refractivity contribution in [3.63, 3.8) is 0 Å². The summed E-state index contributed by atoms with van der Waals surface area (Å²) in [6, 6.07) is 0. The highest BCUT2D eigenvalue weighted by Crippen LogP contribution is 2.19. The Kier molecular flexibility index (Phi) is 7.96. The number of rotatable bonds is 8. The van der Waals surface area contributed by atoms with E-state index >= 15 is 0 Å². The molecule has 114 valence electrons. The first-order chi connectivity index (χ1) is 9.12. The van der Waals surface area contributed by atoms with Crippen LogP contribution in [-0.4, -0.2) is 49.8 Å². The van der Waals surface area contributed by atoms with Crippen LogP contribution in [0.3, 0.4) is 0 Å². The van der Waals surface area contributed by atoms with Crippen LogP contribution in [0.2, 0.25) is 0 Å². The molecule has 3 heteroatoms. The lowest BCUT2D eigenvalue weighted by Crippen LogP contribution is -2.51. The molecule has 1 aliphatic heterocycles. The minimum Gasteiger partial charge on any atom is -0.380 e. The predicted octanol–water partition coefficient (Wildman–Crippen LogP) is 2.90. The van der Waals surface area contributed by atoms with Gasteiger partial charge in [0.15, 0.2) is 0 Å². The lowest BCUT2D eigenvalue weighted by molar-refractivity contribution is 0.0880. The normalized spacial score (nSPS) is 20.7. The lowest BCUT2D eigenvalue weighted by atomic mass is 9.92. The zero-order chi connectivity index (χ0) is 14.1. The van der Waals surface area contributed by atoms with Crippen LogP contribution in [0.1, 0.15) is 53.4 Å². The zero-order valence-corrected chi connectivity index (χ0v) is 13.5. The molecule has 0 spiro atoms. The van der Waals surface area contributed by atoms with E-state index in [9.17, 15) is 0 Å². The fourth-order valence-corrected chi connectivity index (χ4v) is 2.75. The van der Waals surface area contributed by atoms with Crippen molar-refractivity contribution in [1.29, 1.82) is 0 Å². The summed E-state index contributed by atoms with van der Waals surface area (Å²) in [6.45, 7) is 15.5. The van der Waals surface area contributed by atoms with Crippen molar-refractivity contribution >= 4 is 0 Å². The van der Waals surface area contributed by atoms with Gasteiger partial charge < -0.3 is 10.1 Å². The highest BCUT2D eigenvalue weighted by Gasteiger charge is 2.29. The van der Waals surface area contributed by atoms with Gasteiger partial charge >= 0.3 is 0 Å². The predicted molar refractivity (Wildman–Crippen MR) is 82.6 cm³/mol. The molecule has 1 rings (SSSR count). The van der Waals surface area contributed by atoms with Gasteiger partial charge in [-0.1, -0.05) is 27.7 Å². The molecule has 0 aromatic heterocycles. The van der Waals surface area contributed by atoms with Crippen molar-refractivity contribution in [2.75, 3.05) is 39.4 Å². The summed E-state index contributed by atoms with van der Waals surface area (Å²) in [7, 11) is 0. The van der Waals surface area contributed by atoms with E-state index in [1.54, 1.807) is 0 Å². The van der Waals surface area contributed by atoms with Crippen LogP contribution in [0.25, 0.3) is 0 Å². The molecule has 19 heavy (non-hydrogen) atoms. The summed E-state index contributed by atoms with van der Waals surface area (Å²) in [4.78, 5) is 2.59. The molecule has 1 saturated heterocycles. The highest BCUT2D eigenvalue weighted by atomic mass is 16.5. The second kappa shape index (κ2) is 8.93. The van der Waals surface area contributed by atoms with Gasteiger partial charge in [-0.3, -0.25) is 4.90 Å². The Morgan fingerprint density at radius 3 is 2.58 bits per heavy atom. The lowest BCUT2D eigenvalue weighted by Gasteiger charge is -2.35. The summed E-state index contributed by atoms with van der Waals surface area (Å²) >= 11 is 0. The summed E-state index contributed by atoms with van der Waals surface area (Å²) in [5, 5.41) is 3.76. The quantitative estimate of drug-likeness (QED) is 0.686. The molecule has 0 aliphatic carbocycles. The van der Waals surface area contributed by atoms with Crippen LogP contribution < -0.4 is 5.32 Å². The third-order valence-electron chi connectivity index (χ3n) is 4.42. The monoisotopic (exact) mass is 270 g/mol. The Balaban J connectivity index is 2.28. The Morgan fingerprint density at radius 2 is 1.95 bits per heavy atom. The van der Waals surface area contributed by atoms with Crippen molar-refractivity contribution in [1.82, 2.24) is 10.2 Å². The van der Waals surface area contributed by atoms with Gasteiger partial charge in [-0.2, -0.15) is 0 Å². The van der Waals surface area contributed by atoms with Gasteiger partial charge in [0, 0.05) is 25.2 Å². The largest absolute Gasteiger partial charge is 0.380 e. The molecule has 1 N–H and O–H groups in total. The van der Waals surface area contributed by atoms with Gasteiger partial charge in [0.2, 0.25) is 0 Å². The maximum Gasteiger partial charge on any atom is 0.0593 e. The molecule has 1 fully saturated rings. The smallest absolute Gasteiger partial charge is 0.0593 e. The van der Waals surface area contributed by atoms with E-state index in [0.29, 0.717) is 5.54 Å². The van der Waals surface area contributed by atoms with Crippen LogP contribution in [0.4, 0.5) is 0 Å². The molecule has 0 radical (unpaired) electrons. The molecule has 3 nitrogen and oxygen atoms in total. The molecular weight excluding hydrogens is 236 g/mol. The Labute approximate surface area is 120 Å². The van der Waals surface area contributed by atoms with Crippen LogP contribution in [-0.2, 0) is 4.74 Å². The topological polar surface area (TPSA) is 24.5 Å². The molecule has 0 unspecified atom stereocenters. The average Bonchev–Trinajstić information content (AvgIpc) is 2.61. The number of nitrogens with zero attached hydrogens (tertiary/aromatic N) is 1. The molecule has 1 aliphatic rings. The molecule has 0 atom stereocenters. The third-order valence-corrected chi connectivity index (χ3v) is 4.42. The number of hydrogen-bond donors (Lipinski definition) is 1. The number of nitrogens with one attached hydrogen (secondary N) is 1. The maximum absolute atomic E-state index is 5.76. The highest BCUT2D eigenvalue weighted by molar-refractivity contribution is 4.90. The van der Waals surface area contributed by atoms with Crippen molar-refractivity contribution in [2.45, 2.75) is 58.9 Å². The minimum atomic E-state index is 0.328. The van der Waals surface area contributed by atoms with Gasteiger partial charge in [-0.05, 0) is 44.7 Å². The van der Waals surface area contributed by atoms with E-state index in [1.165, 1.54) is 38.8 Å². The van der Waals surface area contributed by atoms with Crippen LogP contribution in [0.5, 0.6) is 0 Å². The van der Waals surface area contributed by atoms with E-state index in [4.69, 9.17) is 4.74 Å². The van der Waals surface area contributed by atoms with Gasteiger partial charge in [-0.15, -0.1) is 0 Å². The molecule has 1 heterocycles. The van der Waals surface area contributed by atoms with E-state index < -0.39 is 0 Å². The summed E-state index contributed by atoms with van der Waals surface area (Å²) in [5.41, 5.74) is 0.328. The van der Waals surface area contributed by atoms with E-state index in [1.807, 2.05) is 0 Å². The Bertz CT molecular complexity index is 227. The number of ether oxygens (including phenoxy) is 1. The van der Waals surface area contributed by atoms with Gasteiger partial charge in [-0.25, -0.2) is 0 Å². The standard InChI is InChI=1S/C16H34N2O/c1-5-16(6-2)14-18(10-7-9-17-16)11-13-19-12-8-15(3)4/h15,17H,5-14H2,1-4H3. The average molecular weight is 270 g/mol. The molecule has 0 amide bonds. The van der Waals surface area contributed by atoms with Crippen molar-refractivity contribution in [2.24, 2.45) is 5.92 Å². The fraction of sp³-hybridized carbons (Fsp3) is 1.00. The Morgan fingerprint density at radius 1 is 1.21 bits per heavy atom. The van der Waals surface area contributed by atoms with Gasteiger partial charge in [0.05, 0.1) is 6.61 Å². The summed E-state index contributed by atoms with van der Waals surface area (Å²) in [6.07, 6.45) is 4.87. The first-order valence-electron chi connectivity index (χ1n) is 8.17. The fourth-order valence-electron chi connectivity index (χ4n) is 2.75. The summed E-state index contributed by atoms with van der Waals surface area (Å²) in [5.74, 6) is 0.746. The van der Waals surface area contributed by atoms with E-state index in [0.717, 1.165) is 32.2 Å². The van der Waals surface area contributed by atoms with E-state index in [-0.39, 0.29) is 0 Å². The third kappa shape index (κ3) is 6.24. The van der Waals surface area contributed by atoms with Crippen molar-refractivity contribution in [3.05, 3.63) is 0 Å². The Hall–Kier alpha value is -0.120. The van der Waals surface area contributed by atoms with Gasteiger partial charge in [0.1, 0.15) is 0 Å². The summed E-state index contributed by atoms with van der Waals surface area (Å²) < 4.78 is 5.76. The first kappa shape index (κ1) is 16.9. The molecule has 0 aromatic carbocycles. The van der Waals surface area contributed by atoms with E-state index in [2.05, 4.69) is 37.9 Å². The minimum absolute atomic E-state index is 0.328. The first-order valence-corrected chi connectivity index (χ1v) is 8.17. The number of hydrogen-bond acceptors (Lipinski definition) is 3. The van der Waals surface area contributed by atoms with Crippen LogP contribution >= 0.6 is 0 Å². The second-order valence-electron chi connectivity index (χ2n) is 6.34. The SMILES string of the molecule is CCC1(CC)CN(CCOCCC(C)C)CCCN1. The van der Waals surface area contributed by atoms with Crippen LogP contribution in [0.15, 0.2) is 0 Å². The molecule has 0 saturated carbocycles. The molecule has 0 aromatic rings. The molecule has 0 bridgehead atoms. The van der Waals surface area contributed by atoms with Gasteiger partial charge in [0.25, 0.3) is 0 Å².